The van der Waals surface area contributed by atoms with Crippen LogP contribution in [0.3, 0.4) is 0 Å². The van der Waals surface area contributed by atoms with E-state index in [0.29, 0.717) is 10.7 Å². The van der Waals surface area contributed by atoms with Crippen molar-refractivity contribution in [3.8, 4) is 0 Å². The van der Waals surface area contributed by atoms with Crippen LogP contribution in [0.5, 0.6) is 0 Å². The normalized spacial score (nSPS) is 26.5. The lowest BCUT2D eigenvalue weighted by Gasteiger charge is -2.27. The molecule has 1 aliphatic heterocycles. The van der Waals surface area contributed by atoms with Gasteiger partial charge in [-0.2, -0.15) is 0 Å². The van der Waals surface area contributed by atoms with Crippen LogP contribution in [0.25, 0.3) is 0 Å². The third-order valence-corrected chi connectivity index (χ3v) is 4.47. The number of benzene rings is 1. The summed E-state index contributed by atoms with van der Waals surface area (Å²) in [5, 5.41) is 0. The van der Waals surface area contributed by atoms with Crippen molar-refractivity contribution in [3.05, 3.63) is 34.3 Å². The van der Waals surface area contributed by atoms with Gasteiger partial charge in [0.25, 0.3) is 0 Å². The van der Waals surface area contributed by atoms with Crippen molar-refractivity contribution in [1.82, 2.24) is 0 Å². The van der Waals surface area contributed by atoms with Crippen LogP contribution >= 0.6 is 31.9 Å². The molecule has 15 heavy (non-hydrogen) atoms. The number of rotatable bonds is 2. The van der Waals surface area contributed by atoms with Crippen molar-refractivity contribution >= 4 is 31.9 Å². The number of hydrogen-bond acceptors (Lipinski definition) is 1. The Morgan fingerprint density at radius 2 is 2.27 bits per heavy atom. The lowest BCUT2D eigenvalue weighted by atomic mass is 9.94. The molecule has 1 saturated heterocycles. The van der Waals surface area contributed by atoms with Crippen LogP contribution in [0, 0.1) is 5.92 Å². The average Bonchev–Trinajstić information content (AvgIpc) is 2.22. The summed E-state index contributed by atoms with van der Waals surface area (Å²) < 4.78 is 6.67. The molecule has 1 aliphatic rings. The van der Waals surface area contributed by atoms with E-state index in [9.17, 15) is 0 Å². The average molecular weight is 334 g/mol. The molecule has 0 bridgehead atoms. The van der Waals surface area contributed by atoms with Crippen molar-refractivity contribution in [2.45, 2.75) is 17.7 Å². The van der Waals surface area contributed by atoms with E-state index in [2.05, 4.69) is 56.1 Å². The van der Waals surface area contributed by atoms with Gasteiger partial charge in [0.05, 0.1) is 6.61 Å². The van der Waals surface area contributed by atoms with Crippen LogP contribution in [-0.4, -0.2) is 18.0 Å². The van der Waals surface area contributed by atoms with Crippen LogP contribution in [-0.2, 0) is 11.2 Å². The topological polar surface area (TPSA) is 9.23 Å². The summed E-state index contributed by atoms with van der Waals surface area (Å²) in [5.41, 5.74) is 1.38. The van der Waals surface area contributed by atoms with Gasteiger partial charge in [0.1, 0.15) is 0 Å². The summed E-state index contributed by atoms with van der Waals surface area (Å²) in [6.45, 7) is 1.77. The zero-order valence-corrected chi connectivity index (χ0v) is 11.6. The number of halogens is 2. The van der Waals surface area contributed by atoms with Crippen LogP contribution in [0.15, 0.2) is 28.7 Å². The van der Waals surface area contributed by atoms with Crippen LogP contribution < -0.4 is 0 Å². The van der Waals surface area contributed by atoms with Gasteiger partial charge < -0.3 is 4.74 Å². The SMILES string of the molecule is Brc1cccc(CC2COCCC2Br)c1. The molecular formula is C12H14Br2O. The van der Waals surface area contributed by atoms with Gasteiger partial charge in [0.15, 0.2) is 0 Å². The van der Waals surface area contributed by atoms with Crippen molar-refractivity contribution in [1.29, 1.82) is 0 Å². The van der Waals surface area contributed by atoms with Crippen molar-refractivity contribution in [2.75, 3.05) is 13.2 Å². The molecule has 3 heteroatoms. The van der Waals surface area contributed by atoms with Crippen LogP contribution in [0.2, 0.25) is 0 Å². The van der Waals surface area contributed by atoms with Crippen molar-refractivity contribution in [3.63, 3.8) is 0 Å². The fourth-order valence-corrected chi connectivity index (χ4v) is 2.90. The summed E-state index contributed by atoms with van der Waals surface area (Å²) in [6.07, 6.45) is 2.22. The Bertz CT molecular complexity index is 327. The highest BCUT2D eigenvalue weighted by Gasteiger charge is 2.23. The Morgan fingerprint density at radius 1 is 1.40 bits per heavy atom. The van der Waals surface area contributed by atoms with Gasteiger partial charge in [-0.1, -0.05) is 44.0 Å². The molecule has 1 aromatic carbocycles. The largest absolute Gasteiger partial charge is 0.381 e. The van der Waals surface area contributed by atoms with E-state index in [-0.39, 0.29) is 0 Å². The van der Waals surface area contributed by atoms with Gasteiger partial charge in [-0.05, 0) is 36.5 Å². The maximum absolute atomic E-state index is 5.51. The van der Waals surface area contributed by atoms with Crippen molar-refractivity contribution in [2.24, 2.45) is 5.92 Å². The van der Waals surface area contributed by atoms with E-state index in [1.165, 1.54) is 5.56 Å². The first-order valence-corrected chi connectivity index (χ1v) is 6.93. The van der Waals surface area contributed by atoms with E-state index in [1.807, 2.05) is 0 Å². The highest BCUT2D eigenvalue weighted by molar-refractivity contribution is 9.10. The van der Waals surface area contributed by atoms with Gasteiger partial charge in [0.2, 0.25) is 0 Å². The number of ether oxygens (including phenoxy) is 1. The maximum atomic E-state index is 5.51. The Morgan fingerprint density at radius 3 is 3.00 bits per heavy atom. The fourth-order valence-electron chi connectivity index (χ4n) is 1.92. The summed E-state index contributed by atoms with van der Waals surface area (Å²) in [5.74, 6) is 0.605. The predicted molar refractivity (Wildman–Crippen MR) is 69.5 cm³/mol. The Labute approximate surface area is 107 Å². The van der Waals surface area contributed by atoms with Gasteiger partial charge in [0, 0.05) is 15.9 Å². The number of alkyl halides is 1. The Hall–Kier alpha value is 0.140. The molecule has 0 radical (unpaired) electrons. The molecule has 0 N–H and O–H groups in total. The molecule has 2 unspecified atom stereocenters. The fraction of sp³-hybridized carbons (Fsp3) is 0.500. The molecule has 0 spiro atoms. The zero-order chi connectivity index (χ0) is 10.7. The molecule has 1 heterocycles. The molecule has 0 aliphatic carbocycles. The standard InChI is InChI=1S/C12H14Br2O/c13-11-3-1-2-9(7-11)6-10-8-15-5-4-12(10)14/h1-3,7,10,12H,4-6,8H2. The van der Waals surface area contributed by atoms with E-state index in [4.69, 9.17) is 4.74 Å². The number of hydrogen-bond donors (Lipinski definition) is 0. The third-order valence-electron chi connectivity index (χ3n) is 2.77. The van der Waals surface area contributed by atoms with Crippen LogP contribution in [0.4, 0.5) is 0 Å². The molecule has 1 nitrogen and oxygen atoms in total. The summed E-state index contributed by atoms with van der Waals surface area (Å²) >= 11 is 7.24. The first kappa shape index (κ1) is 11.6. The second-order valence-electron chi connectivity index (χ2n) is 3.97. The minimum Gasteiger partial charge on any atom is -0.381 e. The Kier molecular flexibility index (Phi) is 4.23. The molecule has 1 fully saturated rings. The molecule has 2 atom stereocenters. The Balaban J connectivity index is 2.01. The van der Waals surface area contributed by atoms with E-state index >= 15 is 0 Å². The highest BCUT2D eigenvalue weighted by Crippen LogP contribution is 2.26. The van der Waals surface area contributed by atoms with Crippen molar-refractivity contribution < 1.29 is 4.74 Å². The molecule has 82 valence electrons. The summed E-state index contributed by atoms with van der Waals surface area (Å²) in [6, 6.07) is 8.52. The quantitative estimate of drug-likeness (QED) is 0.748. The molecule has 2 rings (SSSR count). The maximum Gasteiger partial charge on any atom is 0.0508 e. The van der Waals surface area contributed by atoms with E-state index < -0.39 is 0 Å². The monoisotopic (exact) mass is 332 g/mol. The van der Waals surface area contributed by atoms with E-state index in [1.54, 1.807) is 0 Å². The summed E-state index contributed by atoms with van der Waals surface area (Å²) in [7, 11) is 0. The second kappa shape index (κ2) is 5.46. The molecule has 1 aromatic rings. The minimum absolute atomic E-state index is 0.602. The molecule has 0 amide bonds. The second-order valence-corrected chi connectivity index (χ2v) is 6.07. The molecular weight excluding hydrogens is 320 g/mol. The molecule has 0 aromatic heterocycles. The summed E-state index contributed by atoms with van der Waals surface area (Å²) in [4.78, 5) is 0.602. The predicted octanol–water partition coefficient (Wildman–Crippen LogP) is 3.79. The third kappa shape index (κ3) is 3.30. The molecule has 0 saturated carbocycles. The van der Waals surface area contributed by atoms with E-state index in [0.717, 1.165) is 30.5 Å². The first-order chi connectivity index (χ1) is 7.25. The van der Waals surface area contributed by atoms with Crippen LogP contribution in [0.1, 0.15) is 12.0 Å². The zero-order valence-electron chi connectivity index (χ0n) is 8.46. The first-order valence-electron chi connectivity index (χ1n) is 5.22. The minimum atomic E-state index is 0.602. The van der Waals surface area contributed by atoms with Gasteiger partial charge >= 0.3 is 0 Å². The van der Waals surface area contributed by atoms with Gasteiger partial charge in [-0.3, -0.25) is 0 Å². The lowest BCUT2D eigenvalue weighted by molar-refractivity contribution is 0.0605. The smallest absolute Gasteiger partial charge is 0.0508 e. The van der Waals surface area contributed by atoms with Gasteiger partial charge in [-0.15, -0.1) is 0 Å². The van der Waals surface area contributed by atoms with Gasteiger partial charge in [-0.25, -0.2) is 0 Å². The highest BCUT2D eigenvalue weighted by atomic mass is 79.9. The lowest BCUT2D eigenvalue weighted by Crippen LogP contribution is -2.29.